The van der Waals surface area contributed by atoms with Gasteiger partial charge in [0.25, 0.3) is 11.8 Å². The van der Waals surface area contributed by atoms with Crippen LogP contribution in [-0.2, 0) is 0 Å². The van der Waals surface area contributed by atoms with Crippen LogP contribution in [0.25, 0.3) is 21.9 Å². The topological polar surface area (TPSA) is 114 Å². The lowest BCUT2D eigenvalue weighted by Gasteiger charge is -2.34. The van der Waals surface area contributed by atoms with Crippen molar-refractivity contribution in [3.05, 3.63) is 34.8 Å². The molecule has 0 spiro atoms. The summed E-state index contributed by atoms with van der Waals surface area (Å²) in [4.78, 5) is 34.3. The molecule has 0 unspecified atom stereocenters. The van der Waals surface area contributed by atoms with Gasteiger partial charge in [-0.1, -0.05) is 0 Å². The third kappa shape index (κ3) is 4.50. The molecule has 0 radical (unpaired) electrons. The Morgan fingerprint density at radius 3 is 1.39 bits per heavy atom. The van der Waals surface area contributed by atoms with E-state index >= 15 is 0 Å². The highest BCUT2D eigenvalue weighted by Gasteiger charge is 2.29. The molecule has 2 aliphatic heterocycles. The molecule has 5 rings (SSSR count). The summed E-state index contributed by atoms with van der Waals surface area (Å²) in [6, 6.07) is 3.73. The zero-order chi connectivity index (χ0) is 25.4. The third-order valence-electron chi connectivity index (χ3n) is 7.53. The summed E-state index contributed by atoms with van der Waals surface area (Å²) in [7, 11) is 0. The average Bonchev–Trinajstić information content (AvgIpc) is 3.39. The Bertz CT molecular complexity index is 1170. The van der Waals surface area contributed by atoms with Crippen molar-refractivity contribution in [2.75, 3.05) is 78.7 Å². The standard InChI is InChI=1S/C26H34N4O6/c1-17-19-15-22-20(18(2)24(36-22)26(34)30-9-5-28(6-10-30)12-14-32)16-21(19)35-23(17)25(33)29-7-3-27(4-8-29)11-13-31/h15-16,31-32H,3-14H2,1-2H3. The Kier molecular flexibility index (Phi) is 7.03. The number of rotatable bonds is 6. The van der Waals surface area contributed by atoms with Crippen LogP contribution in [0.5, 0.6) is 0 Å². The van der Waals surface area contributed by atoms with Crippen molar-refractivity contribution in [2.24, 2.45) is 0 Å². The van der Waals surface area contributed by atoms with Gasteiger partial charge in [0.2, 0.25) is 0 Å². The molecule has 10 heteroatoms. The van der Waals surface area contributed by atoms with Gasteiger partial charge in [-0.25, -0.2) is 0 Å². The Morgan fingerprint density at radius 1 is 0.694 bits per heavy atom. The van der Waals surface area contributed by atoms with Crippen LogP contribution < -0.4 is 0 Å². The summed E-state index contributed by atoms with van der Waals surface area (Å²) < 4.78 is 12.1. The number of nitrogens with zero attached hydrogens (tertiary/aromatic N) is 4. The quantitative estimate of drug-likeness (QED) is 0.523. The zero-order valence-electron chi connectivity index (χ0n) is 21.0. The molecule has 0 bridgehead atoms. The molecule has 1 aromatic carbocycles. The van der Waals surface area contributed by atoms with Crippen molar-refractivity contribution in [1.82, 2.24) is 19.6 Å². The Morgan fingerprint density at radius 2 is 1.06 bits per heavy atom. The van der Waals surface area contributed by atoms with Crippen LogP contribution in [0.2, 0.25) is 0 Å². The van der Waals surface area contributed by atoms with Gasteiger partial charge < -0.3 is 28.8 Å². The number of amides is 2. The fourth-order valence-corrected chi connectivity index (χ4v) is 5.26. The SMILES string of the molecule is Cc1c(C(=O)N2CCN(CCO)CC2)oc2cc3c(C)c(C(=O)N4CCN(CCO)CC4)oc3cc12. The first-order chi connectivity index (χ1) is 17.4. The molecule has 0 saturated carbocycles. The summed E-state index contributed by atoms with van der Waals surface area (Å²) in [5, 5.41) is 19.9. The van der Waals surface area contributed by atoms with Gasteiger partial charge in [0.15, 0.2) is 11.5 Å². The number of fused-ring (bicyclic) bond motifs is 2. The van der Waals surface area contributed by atoms with Gasteiger partial charge in [-0.05, 0) is 26.0 Å². The minimum absolute atomic E-state index is 0.117. The van der Waals surface area contributed by atoms with Gasteiger partial charge in [0.1, 0.15) is 11.2 Å². The number of aryl methyl sites for hydroxylation is 2. The van der Waals surface area contributed by atoms with E-state index in [1.54, 1.807) is 9.80 Å². The summed E-state index contributed by atoms with van der Waals surface area (Å²) in [6.07, 6.45) is 0. The van der Waals surface area contributed by atoms with Crippen molar-refractivity contribution >= 4 is 33.8 Å². The van der Waals surface area contributed by atoms with E-state index in [9.17, 15) is 9.59 Å². The number of furan rings is 2. The Hall–Kier alpha value is -2.92. The highest BCUT2D eigenvalue weighted by atomic mass is 16.4. The molecule has 2 N–H and O–H groups in total. The normalized spacial score (nSPS) is 18.0. The molecule has 2 amide bonds. The van der Waals surface area contributed by atoms with Gasteiger partial charge in [-0.15, -0.1) is 0 Å². The van der Waals surface area contributed by atoms with Gasteiger partial charge in [0.05, 0.1) is 13.2 Å². The number of piperazine rings is 2. The summed E-state index contributed by atoms with van der Waals surface area (Å²) >= 11 is 0. The minimum atomic E-state index is -0.128. The van der Waals surface area contributed by atoms with Gasteiger partial charge in [-0.3, -0.25) is 19.4 Å². The second-order valence-corrected chi connectivity index (χ2v) is 9.67. The number of aliphatic hydroxyl groups excluding tert-OH is 2. The number of β-amino-alcohol motifs (C(OH)–C–C–N with tert-alkyl or cyclic N) is 2. The maximum atomic E-state index is 13.2. The molecular formula is C26H34N4O6. The van der Waals surface area contributed by atoms with Gasteiger partial charge in [-0.2, -0.15) is 0 Å². The molecule has 4 heterocycles. The molecule has 2 saturated heterocycles. The maximum Gasteiger partial charge on any atom is 0.289 e. The van der Waals surface area contributed by atoms with Crippen molar-refractivity contribution in [2.45, 2.75) is 13.8 Å². The van der Waals surface area contributed by atoms with Crippen LogP contribution in [0.1, 0.15) is 32.2 Å². The molecule has 2 fully saturated rings. The third-order valence-corrected chi connectivity index (χ3v) is 7.53. The number of carbonyl (C=O) groups excluding carboxylic acids is 2. The van der Waals surface area contributed by atoms with Crippen LogP contribution in [0.4, 0.5) is 0 Å². The fourth-order valence-electron chi connectivity index (χ4n) is 5.26. The highest BCUT2D eigenvalue weighted by Crippen LogP contribution is 2.34. The molecule has 0 aliphatic carbocycles. The van der Waals surface area contributed by atoms with Crippen LogP contribution >= 0.6 is 0 Å². The number of carbonyl (C=O) groups is 2. The lowest BCUT2D eigenvalue weighted by Crippen LogP contribution is -2.49. The van der Waals surface area contributed by atoms with Crippen molar-refractivity contribution in [3.8, 4) is 0 Å². The van der Waals surface area contributed by atoms with Crippen LogP contribution in [-0.4, -0.2) is 120 Å². The van der Waals surface area contributed by atoms with Crippen molar-refractivity contribution < 1.29 is 28.6 Å². The second kappa shape index (κ2) is 10.2. The summed E-state index contributed by atoms with van der Waals surface area (Å²) in [5.41, 5.74) is 2.72. The molecular weight excluding hydrogens is 464 g/mol. The van der Waals surface area contributed by atoms with E-state index in [4.69, 9.17) is 19.0 Å². The second-order valence-electron chi connectivity index (χ2n) is 9.67. The Labute approximate surface area is 209 Å². The van der Waals surface area contributed by atoms with E-state index in [-0.39, 0.29) is 25.0 Å². The number of aliphatic hydroxyl groups is 2. The van der Waals surface area contributed by atoms with Crippen LogP contribution in [0.3, 0.4) is 0 Å². The molecule has 194 valence electrons. The molecule has 2 aliphatic rings. The predicted molar refractivity (Wildman–Crippen MR) is 134 cm³/mol. The van der Waals surface area contributed by atoms with Gasteiger partial charge >= 0.3 is 0 Å². The number of benzene rings is 1. The van der Waals surface area contributed by atoms with Crippen molar-refractivity contribution in [1.29, 1.82) is 0 Å². The van der Waals surface area contributed by atoms with Crippen molar-refractivity contribution in [3.63, 3.8) is 0 Å². The van der Waals surface area contributed by atoms with E-state index in [0.29, 0.717) is 62.0 Å². The maximum absolute atomic E-state index is 13.2. The molecule has 10 nitrogen and oxygen atoms in total. The lowest BCUT2D eigenvalue weighted by atomic mass is 10.1. The first-order valence-corrected chi connectivity index (χ1v) is 12.6. The van der Waals surface area contributed by atoms with Gasteiger partial charge in [0, 0.05) is 87.3 Å². The fraction of sp³-hybridized carbons (Fsp3) is 0.538. The van der Waals surface area contributed by atoms with Crippen LogP contribution in [0.15, 0.2) is 21.0 Å². The summed E-state index contributed by atoms with van der Waals surface area (Å²) in [5.74, 6) is 0.416. The predicted octanol–water partition coefficient (Wildman–Crippen LogP) is 1.30. The average molecular weight is 499 g/mol. The monoisotopic (exact) mass is 498 g/mol. The van der Waals surface area contributed by atoms with E-state index < -0.39 is 0 Å². The molecule has 3 aromatic rings. The molecule has 36 heavy (non-hydrogen) atoms. The van der Waals surface area contributed by atoms with E-state index in [2.05, 4.69) is 9.80 Å². The minimum Gasteiger partial charge on any atom is -0.451 e. The van der Waals surface area contributed by atoms with E-state index in [1.807, 2.05) is 26.0 Å². The number of hydrogen-bond donors (Lipinski definition) is 2. The first-order valence-electron chi connectivity index (χ1n) is 12.6. The number of hydrogen-bond acceptors (Lipinski definition) is 8. The first kappa shape index (κ1) is 24.8. The summed E-state index contributed by atoms with van der Waals surface area (Å²) in [6.45, 7) is 10.5. The van der Waals surface area contributed by atoms with E-state index in [0.717, 1.165) is 48.1 Å². The van der Waals surface area contributed by atoms with Crippen LogP contribution in [0, 0.1) is 13.8 Å². The largest absolute Gasteiger partial charge is 0.451 e. The smallest absolute Gasteiger partial charge is 0.289 e. The Balaban J connectivity index is 1.37. The van der Waals surface area contributed by atoms with E-state index in [1.165, 1.54) is 0 Å². The zero-order valence-corrected chi connectivity index (χ0v) is 21.0. The molecule has 0 atom stereocenters. The highest BCUT2D eigenvalue weighted by molar-refractivity contribution is 6.05. The molecule has 2 aromatic heterocycles. The lowest BCUT2D eigenvalue weighted by molar-refractivity contribution is 0.0580.